The summed E-state index contributed by atoms with van der Waals surface area (Å²) >= 11 is 0. The molecule has 0 spiro atoms. The Hall–Kier alpha value is -2.95. The third-order valence-electron chi connectivity index (χ3n) is 6.59. The van der Waals surface area contributed by atoms with Crippen molar-refractivity contribution in [2.24, 2.45) is 0 Å². The van der Waals surface area contributed by atoms with Gasteiger partial charge in [0.1, 0.15) is 5.82 Å². The highest BCUT2D eigenvalue weighted by Gasteiger charge is 2.45. The molecule has 1 aromatic carbocycles. The molecule has 5 rings (SSSR count). The first kappa shape index (κ1) is 19.0. The van der Waals surface area contributed by atoms with Crippen LogP contribution in [0.4, 0.5) is 5.82 Å². The van der Waals surface area contributed by atoms with Crippen LogP contribution in [0.25, 0.3) is 10.9 Å². The van der Waals surface area contributed by atoms with Crippen LogP contribution >= 0.6 is 0 Å². The van der Waals surface area contributed by atoms with Crippen LogP contribution < -0.4 is 4.90 Å². The Kier molecular flexibility index (Phi) is 4.89. The lowest BCUT2D eigenvalue weighted by molar-refractivity contribution is -0.132. The largest absolute Gasteiger partial charge is 0.349 e. The average molecular weight is 401 g/mol. The minimum absolute atomic E-state index is 0.300. The quantitative estimate of drug-likeness (QED) is 0.648. The second kappa shape index (κ2) is 7.71. The van der Waals surface area contributed by atoms with E-state index in [1.807, 2.05) is 24.5 Å². The lowest BCUT2D eigenvalue weighted by Gasteiger charge is -2.35. The van der Waals surface area contributed by atoms with Gasteiger partial charge in [0.05, 0.1) is 17.6 Å². The van der Waals surface area contributed by atoms with Gasteiger partial charge in [-0.1, -0.05) is 24.3 Å². The van der Waals surface area contributed by atoms with Gasteiger partial charge in [-0.25, -0.2) is 4.98 Å². The Morgan fingerprint density at radius 2 is 2.00 bits per heavy atom. The van der Waals surface area contributed by atoms with Gasteiger partial charge in [-0.05, 0) is 61.9 Å². The highest BCUT2D eigenvalue weighted by Crippen LogP contribution is 2.35. The summed E-state index contributed by atoms with van der Waals surface area (Å²) in [5, 5.41) is 1.20. The van der Waals surface area contributed by atoms with Gasteiger partial charge >= 0.3 is 0 Å². The van der Waals surface area contributed by atoms with E-state index >= 15 is 0 Å². The number of benzene rings is 1. The molecular formula is C25H28N4O. The molecule has 2 bridgehead atoms. The SMILES string of the molecule is Cc1cnc(N2CC3CC2CN3C(=O)CCCc2cccc3ncccc23)c(C)c1. The molecule has 1 amide bonds. The average Bonchev–Trinajstić information content (AvgIpc) is 3.35. The predicted molar refractivity (Wildman–Crippen MR) is 120 cm³/mol. The highest BCUT2D eigenvalue weighted by atomic mass is 16.2. The second-order valence-corrected chi connectivity index (χ2v) is 8.74. The van der Waals surface area contributed by atoms with Crippen LogP contribution in [-0.2, 0) is 11.2 Å². The van der Waals surface area contributed by atoms with E-state index in [1.165, 1.54) is 22.1 Å². The summed E-state index contributed by atoms with van der Waals surface area (Å²) in [5.41, 5.74) is 4.73. The molecule has 2 aliphatic rings. The van der Waals surface area contributed by atoms with Crippen molar-refractivity contribution < 1.29 is 4.79 Å². The maximum Gasteiger partial charge on any atom is 0.222 e. The number of piperazine rings is 1. The topological polar surface area (TPSA) is 49.3 Å². The number of fused-ring (bicyclic) bond motifs is 3. The van der Waals surface area contributed by atoms with Crippen LogP contribution in [0.5, 0.6) is 0 Å². The second-order valence-electron chi connectivity index (χ2n) is 8.74. The summed E-state index contributed by atoms with van der Waals surface area (Å²) in [6.07, 6.45) is 7.24. The van der Waals surface area contributed by atoms with E-state index in [9.17, 15) is 4.79 Å². The van der Waals surface area contributed by atoms with Crippen molar-refractivity contribution >= 4 is 22.6 Å². The Bertz CT molecular complexity index is 1090. The third-order valence-corrected chi connectivity index (χ3v) is 6.59. The van der Waals surface area contributed by atoms with Crippen molar-refractivity contribution in [3.8, 4) is 0 Å². The van der Waals surface area contributed by atoms with Crippen LogP contribution in [0.2, 0.25) is 0 Å². The van der Waals surface area contributed by atoms with Gasteiger partial charge in [0.2, 0.25) is 5.91 Å². The van der Waals surface area contributed by atoms with Crippen LogP contribution in [0.1, 0.15) is 36.0 Å². The molecule has 2 aliphatic heterocycles. The normalized spacial score (nSPS) is 20.3. The maximum absolute atomic E-state index is 12.9. The molecule has 154 valence electrons. The minimum atomic E-state index is 0.300. The van der Waals surface area contributed by atoms with Gasteiger partial charge in [0.25, 0.3) is 0 Å². The molecule has 0 radical (unpaired) electrons. The van der Waals surface area contributed by atoms with Crippen molar-refractivity contribution in [3.63, 3.8) is 0 Å². The molecule has 0 aliphatic carbocycles. The zero-order valence-corrected chi connectivity index (χ0v) is 17.7. The van der Waals surface area contributed by atoms with Crippen molar-refractivity contribution in [1.29, 1.82) is 0 Å². The molecule has 5 nitrogen and oxygen atoms in total. The van der Waals surface area contributed by atoms with E-state index in [2.05, 4.69) is 57.9 Å². The van der Waals surface area contributed by atoms with E-state index in [0.717, 1.165) is 43.7 Å². The Morgan fingerprint density at radius 3 is 2.80 bits per heavy atom. The van der Waals surface area contributed by atoms with E-state index < -0.39 is 0 Å². The number of amides is 1. The summed E-state index contributed by atoms with van der Waals surface area (Å²) < 4.78 is 0. The van der Waals surface area contributed by atoms with Crippen molar-refractivity contribution in [2.75, 3.05) is 18.0 Å². The zero-order valence-electron chi connectivity index (χ0n) is 17.7. The molecule has 2 fully saturated rings. The minimum Gasteiger partial charge on any atom is -0.349 e. The van der Waals surface area contributed by atoms with E-state index in [4.69, 9.17) is 0 Å². The molecule has 2 atom stereocenters. The van der Waals surface area contributed by atoms with Crippen LogP contribution in [0, 0.1) is 13.8 Å². The first-order valence-electron chi connectivity index (χ1n) is 10.9. The number of aromatic nitrogens is 2. The lowest BCUT2D eigenvalue weighted by Crippen LogP contribution is -2.49. The maximum atomic E-state index is 12.9. The van der Waals surface area contributed by atoms with Gasteiger partial charge in [0.15, 0.2) is 0 Å². The molecule has 3 aromatic rings. The standard InChI is InChI=1S/C25H28N4O/c1-17-12-18(2)25(27-14-17)29-16-20-13-21(29)15-28(20)24(30)10-4-7-19-6-3-9-23-22(19)8-5-11-26-23/h3,5-6,8-9,11-12,14,20-21H,4,7,10,13,15-16H2,1-2H3. The number of hydrogen-bond donors (Lipinski definition) is 0. The fraction of sp³-hybridized carbons (Fsp3) is 0.400. The molecule has 0 saturated carbocycles. The Morgan fingerprint density at radius 1 is 1.10 bits per heavy atom. The molecule has 4 heterocycles. The molecule has 2 unspecified atom stereocenters. The number of nitrogens with zero attached hydrogens (tertiary/aromatic N) is 4. The number of pyridine rings is 2. The van der Waals surface area contributed by atoms with Gasteiger partial charge in [-0.3, -0.25) is 9.78 Å². The summed E-state index contributed by atoms with van der Waals surface area (Å²) in [6.45, 7) is 5.95. The summed E-state index contributed by atoms with van der Waals surface area (Å²) in [6, 6.07) is 13.3. The van der Waals surface area contributed by atoms with Gasteiger partial charge in [-0.2, -0.15) is 0 Å². The zero-order chi connectivity index (χ0) is 20.7. The fourth-order valence-corrected chi connectivity index (χ4v) is 5.20. The molecular weight excluding hydrogens is 372 g/mol. The summed E-state index contributed by atoms with van der Waals surface area (Å²) in [7, 11) is 0. The lowest BCUT2D eigenvalue weighted by atomic mass is 10.0. The number of rotatable bonds is 5. The fourth-order valence-electron chi connectivity index (χ4n) is 5.20. The van der Waals surface area contributed by atoms with Gasteiger partial charge < -0.3 is 9.80 Å². The molecule has 2 aromatic heterocycles. The number of hydrogen-bond acceptors (Lipinski definition) is 4. The van der Waals surface area contributed by atoms with E-state index in [-0.39, 0.29) is 0 Å². The van der Waals surface area contributed by atoms with Crippen LogP contribution in [-0.4, -0.2) is 45.9 Å². The molecule has 0 N–H and O–H groups in total. The number of aryl methyl sites for hydroxylation is 3. The number of carbonyl (C=O) groups excluding carboxylic acids is 1. The smallest absolute Gasteiger partial charge is 0.222 e. The number of likely N-dealkylation sites (tertiary alicyclic amines) is 1. The van der Waals surface area contributed by atoms with Crippen LogP contribution in [0.15, 0.2) is 48.8 Å². The van der Waals surface area contributed by atoms with E-state index in [0.29, 0.717) is 24.4 Å². The Labute approximate surface area is 177 Å². The monoisotopic (exact) mass is 400 g/mol. The van der Waals surface area contributed by atoms with Crippen molar-refractivity contribution in [1.82, 2.24) is 14.9 Å². The number of anilines is 1. The first-order valence-corrected chi connectivity index (χ1v) is 10.9. The van der Waals surface area contributed by atoms with Gasteiger partial charge in [0, 0.05) is 37.3 Å². The number of carbonyl (C=O) groups is 1. The molecule has 2 saturated heterocycles. The summed E-state index contributed by atoms with van der Waals surface area (Å²) in [5.74, 6) is 1.39. The molecule has 5 heteroatoms. The molecule has 30 heavy (non-hydrogen) atoms. The van der Waals surface area contributed by atoms with E-state index in [1.54, 1.807) is 0 Å². The van der Waals surface area contributed by atoms with Crippen molar-refractivity contribution in [2.45, 2.75) is 51.6 Å². The Balaban J connectivity index is 1.19. The van der Waals surface area contributed by atoms with Crippen LogP contribution in [0.3, 0.4) is 0 Å². The highest BCUT2D eigenvalue weighted by molar-refractivity contribution is 5.82. The third kappa shape index (κ3) is 3.42. The predicted octanol–water partition coefficient (Wildman–Crippen LogP) is 4.06. The first-order chi connectivity index (χ1) is 14.6. The van der Waals surface area contributed by atoms with Crippen molar-refractivity contribution in [3.05, 3.63) is 65.5 Å². The summed E-state index contributed by atoms with van der Waals surface area (Å²) in [4.78, 5) is 26.6. The van der Waals surface area contributed by atoms with Gasteiger partial charge in [-0.15, -0.1) is 0 Å².